The fourth-order valence-corrected chi connectivity index (χ4v) is 2.32. The normalized spacial score (nSPS) is 18.6. The van der Waals surface area contributed by atoms with Crippen molar-refractivity contribution < 1.29 is 9.32 Å². The Labute approximate surface area is 114 Å². The van der Waals surface area contributed by atoms with Crippen LogP contribution in [0.2, 0.25) is 0 Å². The van der Waals surface area contributed by atoms with Crippen LogP contribution in [0.25, 0.3) is 0 Å². The summed E-state index contributed by atoms with van der Waals surface area (Å²) in [7, 11) is 1.83. The van der Waals surface area contributed by atoms with Gasteiger partial charge in [-0.2, -0.15) is 0 Å². The molecule has 2 fully saturated rings. The van der Waals surface area contributed by atoms with E-state index in [4.69, 9.17) is 4.52 Å². The minimum absolute atomic E-state index is 0.0600. The molecule has 2 aliphatic rings. The number of likely N-dealkylation sites (N-methyl/N-ethyl adjacent to an activating group) is 1. The van der Waals surface area contributed by atoms with Gasteiger partial charge in [0, 0.05) is 26.1 Å². The van der Waals surface area contributed by atoms with E-state index in [9.17, 15) is 4.79 Å². The molecule has 0 atom stereocenters. The Morgan fingerprint density at radius 1 is 1.32 bits per heavy atom. The van der Waals surface area contributed by atoms with Crippen molar-refractivity contribution in [3.63, 3.8) is 0 Å². The molecular weight excluding hydrogens is 242 g/mol. The van der Waals surface area contributed by atoms with Crippen LogP contribution in [0.1, 0.15) is 51.0 Å². The molecule has 1 aliphatic carbocycles. The van der Waals surface area contributed by atoms with Gasteiger partial charge in [-0.1, -0.05) is 25.9 Å². The second-order valence-corrected chi connectivity index (χ2v) is 4.83. The van der Waals surface area contributed by atoms with Gasteiger partial charge in [-0.15, -0.1) is 0 Å². The first-order chi connectivity index (χ1) is 9.22. The number of amides is 2. The van der Waals surface area contributed by atoms with E-state index in [1.807, 2.05) is 32.7 Å². The van der Waals surface area contributed by atoms with Gasteiger partial charge >= 0.3 is 6.03 Å². The predicted octanol–water partition coefficient (Wildman–Crippen LogP) is 3.01. The van der Waals surface area contributed by atoms with Crippen LogP contribution in [-0.4, -0.2) is 36.2 Å². The number of carbonyl (C=O) groups excluding carboxylic acids is 1. The number of aryl methyl sites for hydroxylation is 1. The first-order valence-corrected chi connectivity index (χ1v) is 7.23. The third-order valence-corrected chi connectivity index (χ3v) is 3.53. The molecule has 106 valence electrons. The quantitative estimate of drug-likeness (QED) is 0.844. The largest absolute Gasteiger partial charge is 0.359 e. The van der Waals surface area contributed by atoms with Gasteiger partial charge < -0.3 is 9.42 Å². The molecule has 1 saturated carbocycles. The predicted molar refractivity (Wildman–Crippen MR) is 74.6 cm³/mol. The summed E-state index contributed by atoms with van der Waals surface area (Å²) in [4.78, 5) is 15.6. The summed E-state index contributed by atoms with van der Waals surface area (Å²) in [6, 6.07) is 0.0600. The molecule has 5 nitrogen and oxygen atoms in total. The van der Waals surface area contributed by atoms with Crippen molar-refractivity contribution in [1.82, 2.24) is 10.1 Å². The molecule has 0 radical (unpaired) electrons. The van der Waals surface area contributed by atoms with Gasteiger partial charge in [-0.05, 0) is 19.3 Å². The van der Waals surface area contributed by atoms with Crippen LogP contribution >= 0.6 is 0 Å². The molecule has 2 heterocycles. The van der Waals surface area contributed by atoms with Crippen molar-refractivity contribution in [1.29, 1.82) is 0 Å². The highest BCUT2D eigenvalue weighted by Gasteiger charge is 2.38. The lowest BCUT2D eigenvalue weighted by atomic mass is 10.2. The van der Waals surface area contributed by atoms with Crippen LogP contribution in [0.15, 0.2) is 4.52 Å². The third kappa shape index (κ3) is 2.46. The molecule has 0 unspecified atom stereocenters. The highest BCUT2D eigenvalue weighted by molar-refractivity contribution is 5.95. The van der Waals surface area contributed by atoms with Crippen LogP contribution in [0.5, 0.6) is 0 Å². The Kier molecular flexibility index (Phi) is 4.12. The molecule has 0 aromatic carbocycles. The number of hydrogen-bond acceptors (Lipinski definition) is 3. The van der Waals surface area contributed by atoms with Crippen LogP contribution in [0.4, 0.5) is 10.5 Å². The van der Waals surface area contributed by atoms with E-state index >= 15 is 0 Å². The number of carbonyl (C=O) groups is 1. The van der Waals surface area contributed by atoms with E-state index in [0.29, 0.717) is 5.92 Å². The molecule has 1 aromatic rings. The molecular formula is C14H23N3O2. The summed E-state index contributed by atoms with van der Waals surface area (Å²) in [6.07, 6.45) is 3.12. The Balaban J connectivity index is 0.000000637. The maximum atomic E-state index is 12.0. The Bertz CT molecular complexity index is 452. The first kappa shape index (κ1) is 13.9. The zero-order valence-corrected chi connectivity index (χ0v) is 12.3. The number of nitrogens with zero attached hydrogens (tertiary/aromatic N) is 3. The molecule has 0 N–H and O–H groups in total. The van der Waals surface area contributed by atoms with Crippen LogP contribution < -0.4 is 4.90 Å². The molecule has 1 saturated heterocycles. The standard InChI is InChI=1S/C12H17N3O2.C2H6/c1-3-9-10(11(17-13-9)8-4-5-8)15-7-6-14(2)12(15)16;1-2/h8H,3-7H2,1-2H3;1-2H3. The van der Waals surface area contributed by atoms with Crippen molar-refractivity contribution >= 4 is 11.7 Å². The molecule has 1 aromatic heterocycles. The number of aromatic nitrogens is 1. The number of hydrogen-bond donors (Lipinski definition) is 0. The van der Waals surface area contributed by atoms with Crippen molar-refractivity contribution in [2.45, 2.75) is 46.0 Å². The lowest BCUT2D eigenvalue weighted by Gasteiger charge is -2.16. The van der Waals surface area contributed by atoms with Crippen LogP contribution in [0.3, 0.4) is 0 Å². The van der Waals surface area contributed by atoms with Gasteiger partial charge in [-0.3, -0.25) is 4.90 Å². The van der Waals surface area contributed by atoms with Crippen molar-refractivity contribution in [3.05, 3.63) is 11.5 Å². The van der Waals surface area contributed by atoms with Gasteiger partial charge in [0.05, 0.1) is 0 Å². The summed E-state index contributed by atoms with van der Waals surface area (Å²) in [5.41, 5.74) is 1.86. The van der Waals surface area contributed by atoms with Crippen molar-refractivity contribution in [2.24, 2.45) is 0 Å². The summed E-state index contributed by atoms with van der Waals surface area (Å²) in [5, 5.41) is 4.11. The second-order valence-electron chi connectivity index (χ2n) is 4.83. The highest BCUT2D eigenvalue weighted by atomic mass is 16.5. The third-order valence-electron chi connectivity index (χ3n) is 3.53. The molecule has 19 heavy (non-hydrogen) atoms. The van der Waals surface area contributed by atoms with Crippen LogP contribution in [-0.2, 0) is 6.42 Å². The fourth-order valence-electron chi connectivity index (χ4n) is 2.32. The fraction of sp³-hybridized carbons (Fsp3) is 0.714. The Morgan fingerprint density at radius 2 is 2.00 bits per heavy atom. The lowest BCUT2D eigenvalue weighted by Crippen LogP contribution is -2.30. The molecule has 0 spiro atoms. The van der Waals surface area contributed by atoms with Crippen molar-refractivity contribution in [2.75, 3.05) is 25.0 Å². The van der Waals surface area contributed by atoms with Crippen molar-refractivity contribution in [3.8, 4) is 0 Å². The zero-order valence-electron chi connectivity index (χ0n) is 12.3. The Hall–Kier alpha value is -1.52. The molecule has 5 heteroatoms. The van der Waals surface area contributed by atoms with Crippen LogP contribution in [0, 0.1) is 0 Å². The topological polar surface area (TPSA) is 49.6 Å². The van der Waals surface area contributed by atoms with Gasteiger partial charge in [0.15, 0.2) is 5.76 Å². The van der Waals surface area contributed by atoms with Gasteiger partial charge in [0.2, 0.25) is 0 Å². The number of rotatable bonds is 3. The van der Waals surface area contributed by atoms with E-state index in [1.165, 1.54) is 0 Å². The minimum atomic E-state index is 0.0600. The van der Waals surface area contributed by atoms with Gasteiger partial charge in [0.1, 0.15) is 11.4 Å². The summed E-state index contributed by atoms with van der Waals surface area (Å²) >= 11 is 0. The number of anilines is 1. The number of urea groups is 1. The van der Waals surface area contributed by atoms with Gasteiger partial charge in [0.25, 0.3) is 0 Å². The van der Waals surface area contributed by atoms with E-state index < -0.39 is 0 Å². The maximum Gasteiger partial charge on any atom is 0.324 e. The average molecular weight is 265 g/mol. The molecule has 1 aliphatic heterocycles. The van der Waals surface area contributed by atoms with E-state index in [2.05, 4.69) is 5.16 Å². The van der Waals surface area contributed by atoms with E-state index in [-0.39, 0.29) is 6.03 Å². The van der Waals surface area contributed by atoms with Gasteiger partial charge in [-0.25, -0.2) is 4.79 Å². The molecule has 3 rings (SSSR count). The van der Waals surface area contributed by atoms with E-state index in [1.54, 1.807) is 4.90 Å². The maximum absolute atomic E-state index is 12.0. The molecule has 0 bridgehead atoms. The average Bonchev–Trinajstić information content (AvgIpc) is 3.13. The Morgan fingerprint density at radius 3 is 2.47 bits per heavy atom. The second kappa shape index (κ2) is 5.63. The minimum Gasteiger partial charge on any atom is -0.359 e. The molecule has 2 amide bonds. The summed E-state index contributed by atoms with van der Waals surface area (Å²) < 4.78 is 5.44. The monoisotopic (exact) mass is 265 g/mol. The SMILES string of the molecule is CC.CCc1noc(C2CC2)c1N1CCN(C)C1=O. The van der Waals surface area contributed by atoms with E-state index in [0.717, 1.165) is 49.5 Å². The smallest absolute Gasteiger partial charge is 0.324 e. The highest BCUT2D eigenvalue weighted by Crippen LogP contribution is 2.46. The first-order valence-electron chi connectivity index (χ1n) is 7.23. The lowest BCUT2D eigenvalue weighted by molar-refractivity contribution is 0.229. The zero-order chi connectivity index (χ0) is 14.0. The summed E-state index contributed by atoms with van der Waals surface area (Å²) in [5.74, 6) is 1.40. The summed E-state index contributed by atoms with van der Waals surface area (Å²) in [6.45, 7) is 7.56.